The van der Waals surface area contributed by atoms with Crippen molar-refractivity contribution < 1.29 is 14.3 Å². The Morgan fingerprint density at radius 2 is 1.90 bits per heavy atom. The fourth-order valence-corrected chi connectivity index (χ4v) is 4.42. The van der Waals surface area contributed by atoms with E-state index in [-0.39, 0.29) is 23.6 Å². The van der Waals surface area contributed by atoms with Gasteiger partial charge in [-0.3, -0.25) is 9.69 Å². The summed E-state index contributed by atoms with van der Waals surface area (Å²) in [4.78, 5) is 27.7. The quantitative estimate of drug-likeness (QED) is 0.707. The number of para-hydroxylation sites is 1. The smallest absolute Gasteiger partial charge is 0.338 e. The highest BCUT2D eigenvalue weighted by atomic mass is 35.5. The Labute approximate surface area is 170 Å². The third kappa shape index (κ3) is 2.06. The number of amides is 1. The number of benzene rings is 2. The monoisotopic (exact) mass is 404 g/mol. The molecule has 1 atom stereocenters. The molecule has 3 aliphatic rings. The van der Waals surface area contributed by atoms with Gasteiger partial charge in [-0.2, -0.15) is 5.26 Å². The second-order valence-electron chi connectivity index (χ2n) is 6.83. The molecule has 0 saturated heterocycles. The van der Waals surface area contributed by atoms with Gasteiger partial charge in [-0.1, -0.05) is 29.8 Å². The van der Waals surface area contributed by atoms with Gasteiger partial charge in [-0.05, 0) is 30.3 Å². The summed E-state index contributed by atoms with van der Waals surface area (Å²) in [5.74, 6) is -1.08. The van der Waals surface area contributed by atoms with E-state index in [1.54, 1.807) is 53.4 Å². The van der Waals surface area contributed by atoms with Gasteiger partial charge in [0.15, 0.2) is 0 Å². The molecule has 1 amide bonds. The van der Waals surface area contributed by atoms with Crippen LogP contribution in [-0.4, -0.2) is 18.5 Å². The third-order valence-electron chi connectivity index (χ3n) is 5.47. The van der Waals surface area contributed by atoms with E-state index in [0.717, 1.165) is 0 Å². The lowest BCUT2D eigenvalue weighted by Gasteiger charge is -2.38. The van der Waals surface area contributed by atoms with Gasteiger partial charge in [0.05, 0.1) is 16.8 Å². The highest BCUT2D eigenvalue weighted by Crippen LogP contribution is 2.54. The van der Waals surface area contributed by atoms with E-state index in [1.807, 2.05) is 0 Å². The Balaban J connectivity index is 1.86. The van der Waals surface area contributed by atoms with E-state index in [2.05, 4.69) is 11.4 Å². The molecule has 3 aliphatic heterocycles. The first-order valence-electron chi connectivity index (χ1n) is 8.78. The van der Waals surface area contributed by atoms with Gasteiger partial charge < -0.3 is 15.8 Å². The Kier molecular flexibility index (Phi) is 3.51. The summed E-state index contributed by atoms with van der Waals surface area (Å²) in [6.07, 6.45) is 0. The summed E-state index contributed by atoms with van der Waals surface area (Å²) in [5, 5.41) is 13.4. The molecular weight excluding hydrogens is 392 g/mol. The second-order valence-corrected chi connectivity index (χ2v) is 7.27. The maximum Gasteiger partial charge on any atom is 0.338 e. The SMILES string of the molecule is N#CC1=C(N)N(c2ccc(Cl)cc2)C2=C(C(=O)OC2)C12C(=O)Nc1ccccc12. The Hall–Kier alpha value is -3.76. The van der Waals surface area contributed by atoms with Gasteiger partial charge in [0.2, 0.25) is 5.91 Å². The summed E-state index contributed by atoms with van der Waals surface area (Å²) in [6, 6.07) is 15.8. The van der Waals surface area contributed by atoms with Crippen LogP contribution in [0.25, 0.3) is 0 Å². The van der Waals surface area contributed by atoms with Crippen molar-refractivity contribution in [3.05, 3.63) is 81.8 Å². The zero-order chi connectivity index (χ0) is 20.3. The van der Waals surface area contributed by atoms with E-state index in [4.69, 9.17) is 22.1 Å². The highest BCUT2D eigenvalue weighted by molar-refractivity contribution is 6.30. The van der Waals surface area contributed by atoms with Crippen LogP contribution in [0.15, 0.2) is 71.2 Å². The van der Waals surface area contributed by atoms with Crippen LogP contribution in [0.3, 0.4) is 0 Å². The molecule has 3 N–H and O–H groups in total. The lowest BCUT2D eigenvalue weighted by Crippen LogP contribution is -2.48. The number of ether oxygens (including phenoxy) is 1. The zero-order valence-electron chi connectivity index (χ0n) is 14.9. The summed E-state index contributed by atoms with van der Waals surface area (Å²) in [7, 11) is 0. The van der Waals surface area contributed by atoms with Crippen LogP contribution in [0.4, 0.5) is 11.4 Å². The maximum absolute atomic E-state index is 13.3. The lowest BCUT2D eigenvalue weighted by atomic mass is 9.67. The number of fused-ring (bicyclic) bond motifs is 3. The molecule has 0 fully saturated rings. The molecule has 2 aromatic carbocycles. The van der Waals surface area contributed by atoms with E-state index < -0.39 is 17.3 Å². The predicted molar refractivity (Wildman–Crippen MR) is 105 cm³/mol. The summed E-state index contributed by atoms with van der Waals surface area (Å²) >= 11 is 5.99. The van der Waals surface area contributed by atoms with Crippen molar-refractivity contribution >= 4 is 34.9 Å². The Morgan fingerprint density at radius 1 is 1.17 bits per heavy atom. The number of carbonyl (C=O) groups is 2. The van der Waals surface area contributed by atoms with Crippen LogP contribution in [0.5, 0.6) is 0 Å². The molecule has 29 heavy (non-hydrogen) atoms. The number of hydrogen-bond acceptors (Lipinski definition) is 6. The topological polar surface area (TPSA) is 108 Å². The molecule has 8 heteroatoms. The maximum atomic E-state index is 13.3. The number of esters is 1. The number of cyclic esters (lactones) is 1. The van der Waals surface area contributed by atoms with Gasteiger partial charge in [0, 0.05) is 22.0 Å². The van der Waals surface area contributed by atoms with Crippen LogP contribution < -0.4 is 16.0 Å². The van der Waals surface area contributed by atoms with Crippen LogP contribution in [0, 0.1) is 11.3 Å². The number of rotatable bonds is 1. The van der Waals surface area contributed by atoms with Crippen molar-refractivity contribution in [3.8, 4) is 6.07 Å². The number of nitrogens with two attached hydrogens (primary N) is 1. The molecule has 1 unspecified atom stereocenters. The number of nitriles is 1. The predicted octanol–water partition coefficient (Wildman–Crippen LogP) is 2.55. The van der Waals surface area contributed by atoms with Crippen LogP contribution in [-0.2, 0) is 19.7 Å². The second kappa shape index (κ2) is 5.87. The average Bonchev–Trinajstić information content (AvgIpc) is 3.22. The van der Waals surface area contributed by atoms with Gasteiger partial charge in [-0.25, -0.2) is 4.79 Å². The van der Waals surface area contributed by atoms with Crippen LogP contribution in [0.1, 0.15) is 5.56 Å². The van der Waals surface area contributed by atoms with E-state index >= 15 is 0 Å². The molecular formula is C21H13ClN4O3. The molecule has 0 bridgehead atoms. The largest absolute Gasteiger partial charge is 0.456 e. The van der Waals surface area contributed by atoms with E-state index in [9.17, 15) is 14.9 Å². The molecule has 0 saturated carbocycles. The van der Waals surface area contributed by atoms with E-state index in [1.165, 1.54) is 0 Å². The number of nitrogens with zero attached hydrogens (tertiary/aromatic N) is 2. The Bertz CT molecular complexity index is 1210. The molecule has 7 nitrogen and oxygen atoms in total. The van der Waals surface area contributed by atoms with Gasteiger partial charge in [0.1, 0.15) is 23.9 Å². The van der Waals surface area contributed by atoms with E-state index in [0.29, 0.717) is 27.7 Å². The lowest BCUT2D eigenvalue weighted by molar-refractivity contribution is -0.137. The molecule has 0 aliphatic carbocycles. The van der Waals surface area contributed by atoms with Crippen LogP contribution in [0.2, 0.25) is 5.02 Å². The fraction of sp³-hybridized carbons (Fsp3) is 0.0952. The molecule has 3 heterocycles. The molecule has 0 radical (unpaired) electrons. The first-order chi connectivity index (χ1) is 14.0. The summed E-state index contributed by atoms with van der Waals surface area (Å²) < 4.78 is 5.31. The Morgan fingerprint density at radius 3 is 2.62 bits per heavy atom. The van der Waals surface area contributed by atoms with Crippen molar-refractivity contribution in [2.45, 2.75) is 5.41 Å². The van der Waals surface area contributed by atoms with Crippen molar-refractivity contribution in [2.24, 2.45) is 5.73 Å². The molecule has 2 aromatic rings. The molecule has 1 spiro atoms. The number of hydrogen-bond donors (Lipinski definition) is 2. The molecule has 5 rings (SSSR count). The minimum absolute atomic E-state index is 0.0208. The number of halogens is 1. The van der Waals surface area contributed by atoms with Gasteiger partial charge in [-0.15, -0.1) is 0 Å². The number of nitrogens with one attached hydrogen (secondary N) is 1. The molecule has 0 aromatic heterocycles. The minimum Gasteiger partial charge on any atom is -0.456 e. The fourth-order valence-electron chi connectivity index (χ4n) is 4.30. The number of anilines is 2. The first kappa shape index (κ1) is 17.3. The van der Waals surface area contributed by atoms with Gasteiger partial charge >= 0.3 is 5.97 Å². The zero-order valence-corrected chi connectivity index (χ0v) is 15.7. The van der Waals surface area contributed by atoms with Crippen molar-refractivity contribution in [3.63, 3.8) is 0 Å². The standard InChI is InChI=1S/C21H13ClN4O3/c22-11-5-7-12(8-6-11)26-16-10-29-19(27)17(16)21(14(9-23)18(26)24)13-3-1-2-4-15(13)25-20(21)28/h1-8H,10,24H2,(H,25,28). The van der Waals surface area contributed by atoms with Crippen LogP contribution >= 0.6 is 11.6 Å². The summed E-state index contributed by atoms with van der Waals surface area (Å²) in [6.45, 7) is -0.0621. The molecule has 142 valence electrons. The highest BCUT2D eigenvalue weighted by Gasteiger charge is 2.61. The van der Waals surface area contributed by atoms with Crippen molar-refractivity contribution in [1.29, 1.82) is 5.26 Å². The average molecular weight is 405 g/mol. The minimum atomic E-state index is -1.64. The summed E-state index contributed by atoms with van der Waals surface area (Å²) in [5.41, 5.74) is 6.97. The first-order valence-corrected chi connectivity index (χ1v) is 9.15. The third-order valence-corrected chi connectivity index (χ3v) is 5.72. The van der Waals surface area contributed by atoms with Gasteiger partial charge in [0.25, 0.3) is 0 Å². The normalized spacial score (nSPS) is 22.4. The number of carbonyl (C=O) groups excluding carboxylic acids is 2. The van der Waals surface area contributed by atoms with Crippen molar-refractivity contribution in [2.75, 3.05) is 16.8 Å². The van der Waals surface area contributed by atoms with Crippen molar-refractivity contribution in [1.82, 2.24) is 0 Å².